The Hall–Kier alpha value is -3.99. The Morgan fingerprint density at radius 1 is 0.818 bits per heavy atom. The van der Waals surface area contributed by atoms with E-state index >= 15 is 0 Å². The summed E-state index contributed by atoms with van der Waals surface area (Å²) in [6.45, 7) is 0. The largest absolute Gasteiger partial charge is 0.382 e. The molecule has 2 heterocycles. The van der Waals surface area contributed by atoms with Crippen LogP contribution in [-0.2, 0) is 0 Å². The van der Waals surface area contributed by atoms with Gasteiger partial charge in [-0.15, -0.1) is 0 Å². The van der Waals surface area contributed by atoms with E-state index in [0.29, 0.717) is 6.04 Å². The monoisotopic (exact) mass is 434 g/mol. The summed E-state index contributed by atoms with van der Waals surface area (Å²) in [7, 11) is 0. The van der Waals surface area contributed by atoms with Crippen molar-refractivity contribution < 1.29 is 4.39 Å². The van der Waals surface area contributed by atoms with Crippen LogP contribution in [0.2, 0.25) is 0 Å². The van der Waals surface area contributed by atoms with Crippen molar-refractivity contribution in [3.8, 4) is 33.6 Å². The highest BCUT2D eigenvalue weighted by Crippen LogP contribution is 2.33. The zero-order chi connectivity index (χ0) is 22.2. The minimum atomic E-state index is -0.260. The van der Waals surface area contributed by atoms with Gasteiger partial charge in [-0.1, -0.05) is 42.5 Å². The van der Waals surface area contributed by atoms with Crippen LogP contribution in [0.5, 0.6) is 0 Å². The molecule has 33 heavy (non-hydrogen) atoms. The van der Waals surface area contributed by atoms with Crippen molar-refractivity contribution in [3.05, 3.63) is 96.9 Å². The smallest absolute Gasteiger partial charge is 0.156 e. The second-order valence-corrected chi connectivity index (χ2v) is 8.56. The van der Waals surface area contributed by atoms with Gasteiger partial charge in [0.25, 0.3) is 0 Å². The molecule has 0 amide bonds. The number of nitrogens with one attached hydrogen (secondary N) is 1. The first-order valence-corrected chi connectivity index (χ1v) is 11.3. The molecule has 0 atom stereocenters. The van der Waals surface area contributed by atoms with Crippen molar-refractivity contribution in [2.45, 2.75) is 25.3 Å². The molecule has 4 nitrogen and oxygen atoms in total. The minimum Gasteiger partial charge on any atom is -0.382 e. The van der Waals surface area contributed by atoms with E-state index in [2.05, 4.69) is 41.7 Å². The van der Waals surface area contributed by atoms with Gasteiger partial charge in [-0.05, 0) is 61.2 Å². The van der Waals surface area contributed by atoms with E-state index < -0.39 is 0 Å². The van der Waals surface area contributed by atoms with Crippen molar-refractivity contribution in [2.75, 3.05) is 5.32 Å². The number of nitrogens with zero attached hydrogens (tertiary/aromatic N) is 3. The van der Waals surface area contributed by atoms with Crippen LogP contribution in [0, 0.1) is 5.82 Å². The lowest BCUT2D eigenvalue weighted by Gasteiger charge is -2.27. The molecule has 1 saturated carbocycles. The van der Waals surface area contributed by atoms with E-state index in [1.807, 2.05) is 30.5 Å². The maximum absolute atomic E-state index is 13.4. The zero-order valence-corrected chi connectivity index (χ0v) is 18.1. The molecule has 0 radical (unpaired) electrons. The van der Waals surface area contributed by atoms with Gasteiger partial charge in [-0.25, -0.2) is 13.9 Å². The maximum Gasteiger partial charge on any atom is 0.156 e. The van der Waals surface area contributed by atoms with Gasteiger partial charge in [0.05, 0.1) is 11.4 Å². The Balaban J connectivity index is 1.45. The third-order valence-electron chi connectivity index (χ3n) is 6.31. The van der Waals surface area contributed by atoms with E-state index in [9.17, 15) is 4.39 Å². The summed E-state index contributed by atoms with van der Waals surface area (Å²) in [5.74, 6) is -0.260. The second kappa shape index (κ2) is 8.17. The average molecular weight is 435 g/mol. The standard InChI is InChI=1S/C28H23FN4/c29-22-13-9-20(10-14-22)26-17-27-31-28(21-11-15-24(16-12-21)30-23-7-4-8-23)25(18-33(27)32-26)19-5-2-1-3-6-19/h1-3,5-6,9-18,23,30H,4,7-8H2. The molecule has 0 aliphatic heterocycles. The molecule has 0 unspecified atom stereocenters. The van der Waals surface area contributed by atoms with Crippen LogP contribution < -0.4 is 5.32 Å². The molecule has 2 aromatic heterocycles. The first-order chi connectivity index (χ1) is 16.2. The van der Waals surface area contributed by atoms with Crippen LogP contribution in [0.25, 0.3) is 39.3 Å². The van der Waals surface area contributed by atoms with Gasteiger partial charge in [-0.2, -0.15) is 5.10 Å². The fourth-order valence-corrected chi connectivity index (χ4v) is 4.24. The van der Waals surface area contributed by atoms with Crippen molar-refractivity contribution >= 4 is 11.3 Å². The summed E-state index contributed by atoms with van der Waals surface area (Å²) in [5.41, 5.74) is 7.58. The Labute approximate surface area is 191 Å². The molecule has 5 aromatic rings. The molecule has 0 spiro atoms. The molecule has 0 saturated heterocycles. The summed E-state index contributed by atoms with van der Waals surface area (Å²) in [4.78, 5) is 5.01. The van der Waals surface area contributed by atoms with Crippen molar-refractivity contribution in [1.29, 1.82) is 0 Å². The third-order valence-corrected chi connectivity index (χ3v) is 6.31. The highest BCUT2D eigenvalue weighted by atomic mass is 19.1. The Bertz CT molecular complexity index is 1400. The quantitative estimate of drug-likeness (QED) is 0.329. The fourth-order valence-electron chi connectivity index (χ4n) is 4.24. The summed E-state index contributed by atoms with van der Waals surface area (Å²) in [6.07, 6.45) is 5.83. The van der Waals surface area contributed by atoms with Crippen molar-refractivity contribution in [2.24, 2.45) is 0 Å². The molecule has 6 rings (SSSR count). The highest BCUT2D eigenvalue weighted by Gasteiger charge is 2.17. The SMILES string of the molecule is Fc1ccc(-c2cc3nc(-c4ccc(NC5CCC5)cc4)c(-c4ccccc4)cn3n2)cc1. The molecule has 1 fully saturated rings. The third kappa shape index (κ3) is 3.87. The highest BCUT2D eigenvalue weighted by molar-refractivity contribution is 5.82. The lowest BCUT2D eigenvalue weighted by atomic mass is 9.93. The van der Waals surface area contributed by atoms with E-state index in [1.54, 1.807) is 16.6 Å². The normalized spacial score (nSPS) is 13.7. The van der Waals surface area contributed by atoms with Crippen LogP contribution in [0.1, 0.15) is 19.3 Å². The minimum absolute atomic E-state index is 0.260. The van der Waals surface area contributed by atoms with Gasteiger partial charge in [0, 0.05) is 40.7 Å². The second-order valence-electron chi connectivity index (χ2n) is 8.56. The number of hydrogen-bond acceptors (Lipinski definition) is 3. The summed E-state index contributed by atoms with van der Waals surface area (Å²) >= 11 is 0. The van der Waals surface area contributed by atoms with E-state index in [0.717, 1.165) is 45.0 Å². The van der Waals surface area contributed by atoms with Crippen molar-refractivity contribution in [1.82, 2.24) is 14.6 Å². The maximum atomic E-state index is 13.4. The lowest BCUT2D eigenvalue weighted by molar-refractivity contribution is 0.445. The molecular formula is C28H23FN4. The fraction of sp³-hybridized carbons (Fsp3) is 0.143. The molecule has 3 aromatic carbocycles. The Kier molecular flexibility index (Phi) is 4.87. The van der Waals surface area contributed by atoms with Crippen LogP contribution in [0.3, 0.4) is 0 Å². The van der Waals surface area contributed by atoms with Crippen molar-refractivity contribution in [3.63, 3.8) is 0 Å². The van der Waals surface area contributed by atoms with Crippen LogP contribution in [-0.4, -0.2) is 20.6 Å². The Morgan fingerprint density at radius 2 is 1.55 bits per heavy atom. The average Bonchev–Trinajstić information content (AvgIpc) is 3.25. The van der Waals surface area contributed by atoms with E-state index in [4.69, 9.17) is 10.1 Å². The summed E-state index contributed by atoms with van der Waals surface area (Å²) < 4.78 is 15.2. The topological polar surface area (TPSA) is 42.2 Å². The predicted molar refractivity (Wildman–Crippen MR) is 131 cm³/mol. The van der Waals surface area contributed by atoms with E-state index in [-0.39, 0.29) is 5.82 Å². The van der Waals surface area contributed by atoms with Gasteiger partial charge in [0.1, 0.15) is 5.82 Å². The molecule has 1 aliphatic rings. The molecule has 1 N–H and O–H groups in total. The number of benzene rings is 3. The molecule has 1 aliphatic carbocycles. The molecule has 5 heteroatoms. The van der Waals surface area contributed by atoms with Gasteiger partial charge in [-0.3, -0.25) is 0 Å². The molecular weight excluding hydrogens is 411 g/mol. The number of fused-ring (bicyclic) bond motifs is 1. The predicted octanol–water partition coefficient (Wildman–Crippen LogP) is 6.83. The number of rotatable bonds is 5. The van der Waals surface area contributed by atoms with Gasteiger partial charge in [0.2, 0.25) is 0 Å². The number of anilines is 1. The summed E-state index contributed by atoms with van der Waals surface area (Å²) in [5, 5.41) is 8.32. The number of hydrogen-bond donors (Lipinski definition) is 1. The van der Waals surface area contributed by atoms with E-state index in [1.165, 1.54) is 31.4 Å². The molecule has 0 bridgehead atoms. The van der Waals surface area contributed by atoms with Crippen LogP contribution in [0.15, 0.2) is 91.1 Å². The first kappa shape index (κ1) is 19.7. The first-order valence-electron chi connectivity index (χ1n) is 11.3. The lowest BCUT2D eigenvalue weighted by Crippen LogP contribution is -2.26. The van der Waals surface area contributed by atoms with Crippen LogP contribution >= 0.6 is 0 Å². The van der Waals surface area contributed by atoms with Gasteiger partial charge >= 0.3 is 0 Å². The summed E-state index contributed by atoms with van der Waals surface area (Å²) in [6, 6.07) is 27.7. The van der Waals surface area contributed by atoms with Crippen LogP contribution in [0.4, 0.5) is 10.1 Å². The molecule has 162 valence electrons. The Morgan fingerprint density at radius 3 is 2.24 bits per heavy atom. The number of aromatic nitrogens is 3. The number of halogens is 1. The van der Waals surface area contributed by atoms with Gasteiger partial charge < -0.3 is 5.32 Å². The van der Waals surface area contributed by atoms with Gasteiger partial charge in [0.15, 0.2) is 5.65 Å². The zero-order valence-electron chi connectivity index (χ0n) is 18.1.